The van der Waals surface area contributed by atoms with Crippen LogP contribution in [-0.2, 0) is 0 Å². The second-order valence-corrected chi connectivity index (χ2v) is 0. The molecule has 0 saturated heterocycles. The third-order valence-electron chi connectivity index (χ3n) is 0. The van der Waals surface area contributed by atoms with Crippen LogP contribution in [0.1, 0.15) is 0 Å². The van der Waals surface area contributed by atoms with E-state index in [-0.39, 0.29) is 104 Å². The molecule has 0 spiro atoms. The van der Waals surface area contributed by atoms with Crippen molar-refractivity contribution in [1.29, 1.82) is 0 Å². The van der Waals surface area contributed by atoms with E-state index >= 15 is 0 Å². The fourth-order valence-corrected chi connectivity index (χ4v) is 0. The van der Waals surface area contributed by atoms with Crippen LogP contribution in [0.4, 0.5) is 0 Å². The standard InChI is InChI=1S/Ce.7H2O.Sn/h;7*1H2;/q+3;;;;;;;;+4/p-7. The third-order valence-corrected chi connectivity index (χ3v) is 0. The van der Waals surface area contributed by atoms with Gasteiger partial charge in [0, 0.05) is 0 Å². The first-order valence-corrected chi connectivity index (χ1v) is 0. The first-order chi connectivity index (χ1) is 0. The number of hydrogen-bond donors (Lipinski definition) is 0. The van der Waals surface area contributed by atoms with Crippen LogP contribution in [0.2, 0.25) is 0 Å². The van der Waals surface area contributed by atoms with Crippen LogP contribution in [0.3, 0.4) is 0 Å². The maximum absolute atomic E-state index is 0. The van der Waals surface area contributed by atoms with E-state index in [1.807, 2.05) is 0 Å². The Balaban J connectivity index is 0. The topological polar surface area (TPSA) is 210 Å². The van der Waals surface area contributed by atoms with E-state index in [1.54, 1.807) is 0 Å². The van der Waals surface area contributed by atoms with Gasteiger partial charge in [-0.1, -0.05) is 0 Å². The van der Waals surface area contributed by atoms with Crippen molar-refractivity contribution in [1.82, 2.24) is 0 Å². The average Bonchev–Trinajstić information content (AvgIpc) is 0. The van der Waals surface area contributed by atoms with Gasteiger partial charge in [-0.15, -0.1) is 0 Å². The summed E-state index contributed by atoms with van der Waals surface area (Å²) in [7, 11) is 0. The summed E-state index contributed by atoms with van der Waals surface area (Å²) in [6, 6.07) is 0. The van der Waals surface area contributed by atoms with Crippen LogP contribution < -0.4 is 0 Å². The predicted molar refractivity (Wildman–Crippen MR) is 19.3 cm³/mol. The van der Waals surface area contributed by atoms with Crippen molar-refractivity contribution >= 4 is 23.9 Å². The zero-order valence-electron chi connectivity index (χ0n) is 4.13. The summed E-state index contributed by atoms with van der Waals surface area (Å²) in [5.74, 6) is 0. The van der Waals surface area contributed by atoms with Crippen molar-refractivity contribution in [3.05, 3.63) is 0 Å². The monoisotopic (exact) mass is 379 g/mol. The molecule has 0 fully saturated rings. The molecule has 0 aromatic heterocycles. The van der Waals surface area contributed by atoms with Crippen LogP contribution in [0, 0.1) is 41.7 Å². The van der Waals surface area contributed by atoms with Crippen LogP contribution in [-0.4, -0.2) is 62.2 Å². The van der Waals surface area contributed by atoms with Crippen LogP contribution in [0.5, 0.6) is 0 Å². The summed E-state index contributed by atoms with van der Waals surface area (Å²) in [6.45, 7) is 0. The molecule has 0 rings (SSSR count). The Bertz CT molecular complexity index is 8.88. The molecule has 0 saturated carbocycles. The van der Waals surface area contributed by atoms with Crippen LogP contribution >= 0.6 is 0 Å². The summed E-state index contributed by atoms with van der Waals surface area (Å²) in [5.41, 5.74) is 0. The first-order valence-electron chi connectivity index (χ1n) is 0. The van der Waals surface area contributed by atoms with Crippen molar-refractivity contribution in [2.75, 3.05) is 0 Å². The van der Waals surface area contributed by atoms with Crippen molar-refractivity contribution in [3.8, 4) is 0 Å². The molecule has 1 radical (unpaired) electrons. The Kier molecular flexibility index (Phi) is 7190. The molecule has 0 amide bonds. The summed E-state index contributed by atoms with van der Waals surface area (Å²) in [5, 5.41) is 0. The SMILES string of the molecule is [Ce+3].[OH-].[OH-].[OH-].[OH-].[OH-].[OH-].[OH-].[Sn+4]. The fraction of sp³-hybridized carbons (Fsp3) is 0. The van der Waals surface area contributed by atoms with E-state index in [0.29, 0.717) is 0 Å². The van der Waals surface area contributed by atoms with Crippen molar-refractivity contribution in [2.24, 2.45) is 0 Å². The predicted octanol–water partition coefficient (Wildman–Crippen LogP) is -1.62. The minimum absolute atomic E-state index is 0. The Morgan fingerprint density at radius 3 is 0.333 bits per heavy atom. The number of rotatable bonds is 0. The molecule has 7 nitrogen and oxygen atoms in total. The average molecular weight is 378 g/mol. The molecule has 0 atom stereocenters. The van der Waals surface area contributed by atoms with Crippen LogP contribution in [0.15, 0.2) is 0 Å². The van der Waals surface area contributed by atoms with Crippen LogP contribution in [0.25, 0.3) is 0 Å². The molecule has 0 aliphatic heterocycles. The normalized spacial score (nSPS) is 0. The second-order valence-electron chi connectivity index (χ2n) is 0. The Morgan fingerprint density at radius 1 is 0.333 bits per heavy atom. The van der Waals surface area contributed by atoms with Crippen molar-refractivity contribution < 1.29 is 80.1 Å². The smallest absolute Gasteiger partial charge is 0.870 e. The minimum Gasteiger partial charge on any atom is -0.870 e. The minimum atomic E-state index is 0. The Hall–Kier alpha value is 1.90. The molecule has 0 heterocycles. The van der Waals surface area contributed by atoms with E-state index in [0.717, 1.165) is 0 Å². The molecule has 0 aromatic carbocycles. The molecule has 9 heavy (non-hydrogen) atoms. The van der Waals surface area contributed by atoms with Gasteiger partial charge < -0.3 is 38.3 Å². The van der Waals surface area contributed by atoms with Gasteiger partial charge in [0.05, 0.1) is 0 Å². The number of hydrogen-bond acceptors (Lipinski definition) is 7. The molecule has 7 N–H and O–H groups in total. The van der Waals surface area contributed by atoms with Gasteiger partial charge in [0.15, 0.2) is 0 Å². The van der Waals surface area contributed by atoms with Gasteiger partial charge in [0.25, 0.3) is 0 Å². The summed E-state index contributed by atoms with van der Waals surface area (Å²) in [6.07, 6.45) is 0. The molecule has 0 aromatic rings. The largest absolute Gasteiger partial charge is 4.00 e. The van der Waals surface area contributed by atoms with E-state index in [4.69, 9.17) is 0 Å². The van der Waals surface area contributed by atoms with Gasteiger partial charge in [-0.3, -0.25) is 0 Å². The van der Waals surface area contributed by atoms with Gasteiger partial charge in [-0.2, -0.15) is 0 Å². The zero-order valence-corrected chi connectivity index (χ0v) is 10.1. The Labute approximate surface area is 103 Å². The van der Waals surface area contributed by atoms with E-state index in [9.17, 15) is 0 Å². The van der Waals surface area contributed by atoms with E-state index in [1.165, 1.54) is 0 Å². The molecule has 0 bridgehead atoms. The molecule has 0 aliphatic rings. The molecule has 9 heteroatoms. The fourth-order valence-electron chi connectivity index (χ4n) is 0. The zero-order chi connectivity index (χ0) is 0. The quantitative estimate of drug-likeness (QED) is 0.449. The van der Waals surface area contributed by atoms with Crippen molar-refractivity contribution in [3.63, 3.8) is 0 Å². The summed E-state index contributed by atoms with van der Waals surface area (Å²) >= 11 is 0. The van der Waals surface area contributed by atoms with Gasteiger partial charge in [0.2, 0.25) is 0 Å². The third kappa shape index (κ3) is 172. The van der Waals surface area contributed by atoms with Gasteiger partial charge in [-0.25, -0.2) is 0 Å². The van der Waals surface area contributed by atoms with E-state index in [2.05, 4.69) is 0 Å². The van der Waals surface area contributed by atoms with Gasteiger partial charge in [0.1, 0.15) is 0 Å². The molecular weight excluding hydrogens is 371 g/mol. The van der Waals surface area contributed by atoms with Gasteiger partial charge >= 0.3 is 65.7 Å². The molecule has 0 aliphatic carbocycles. The molecule has 0 unspecified atom stereocenters. The summed E-state index contributed by atoms with van der Waals surface area (Å²) < 4.78 is 0. The second kappa shape index (κ2) is 218. The van der Waals surface area contributed by atoms with Gasteiger partial charge in [-0.05, 0) is 0 Å². The molecular formula is H7CeO7Sn. The first kappa shape index (κ1) is 297. The van der Waals surface area contributed by atoms with E-state index < -0.39 is 0 Å². The van der Waals surface area contributed by atoms with Crippen molar-refractivity contribution in [2.45, 2.75) is 0 Å². The summed E-state index contributed by atoms with van der Waals surface area (Å²) in [4.78, 5) is 0. The molecule has 57 valence electrons. The maximum Gasteiger partial charge on any atom is 4.00 e. The maximum atomic E-state index is 0. The Morgan fingerprint density at radius 2 is 0.333 bits per heavy atom.